The Bertz CT molecular complexity index is 533. The summed E-state index contributed by atoms with van der Waals surface area (Å²) in [5, 5.41) is 2.73. The summed E-state index contributed by atoms with van der Waals surface area (Å²) >= 11 is 0. The highest BCUT2D eigenvalue weighted by molar-refractivity contribution is 5.98. The number of halogens is 1. The second kappa shape index (κ2) is 5.69. The first-order valence-electron chi connectivity index (χ1n) is 7.07. The van der Waals surface area contributed by atoms with Crippen molar-refractivity contribution in [2.45, 2.75) is 46.0 Å². The SMILES string of the molecule is CC.O=C1CCC2(CC1)Cc1cc(F)cnc1NC2=O. The van der Waals surface area contributed by atoms with Crippen LogP contribution in [0.25, 0.3) is 0 Å². The summed E-state index contributed by atoms with van der Waals surface area (Å²) < 4.78 is 13.2. The maximum Gasteiger partial charge on any atom is 0.232 e. The normalized spacial score (nSPS) is 19.8. The first kappa shape index (κ1) is 14.6. The molecule has 108 valence electrons. The molecule has 1 spiro atoms. The largest absolute Gasteiger partial charge is 0.310 e. The van der Waals surface area contributed by atoms with Gasteiger partial charge in [-0.3, -0.25) is 9.59 Å². The Hall–Kier alpha value is -1.78. The van der Waals surface area contributed by atoms with Gasteiger partial charge in [0.1, 0.15) is 17.4 Å². The Morgan fingerprint density at radius 1 is 1.25 bits per heavy atom. The third kappa shape index (κ3) is 2.57. The molecule has 0 bridgehead atoms. The van der Waals surface area contributed by atoms with Crippen molar-refractivity contribution in [3.8, 4) is 0 Å². The van der Waals surface area contributed by atoms with Gasteiger partial charge in [-0.2, -0.15) is 0 Å². The fraction of sp³-hybridized carbons (Fsp3) is 0.533. The first-order valence-corrected chi connectivity index (χ1v) is 7.07. The van der Waals surface area contributed by atoms with Gasteiger partial charge in [0.2, 0.25) is 5.91 Å². The minimum absolute atomic E-state index is 0.0818. The molecule has 0 unspecified atom stereocenters. The molecular formula is C15H19FN2O2. The molecule has 20 heavy (non-hydrogen) atoms. The number of hydrogen-bond acceptors (Lipinski definition) is 3. The fourth-order valence-electron chi connectivity index (χ4n) is 2.82. The highest BCUT2D eigenvalue weighted by Gasteiger charge is 2.44. The van der Waals surface area contributed by atoms with Gasteiger partial charge < -0.3 is 5.32 Å². The first-order chi connectivity index (χ1) is 9.59. The van der Waals surface area contributed by atoms with E-state index >= 15 is 0 Å². The number of fused-ring (bicyclic) bond motifs is 1. The van der Waals surface area contributed by atoms with Crippen molar-refractivity contribution in [1.29, 1.82) is 0 Å². The van der Waals surface area contributed by atoms with E-state index in [1.54, 1.807) is 0 Å². The van der Waals surface area contributed by atoms with Crippen LogP contribution >= 0.6 is 0 Å². The Morgan fingerprint density at radius 3 is 2.55 bits per heavy atom. The van der Waals surface area contributed by atoms with Crippen LogP contribution in [-0.2, 0) is 16.0 Å². The Morgan fingerprint density at radius 2 is 1.90 bits per heavy atom. The van der Waals surface area contributed by atoms with Crippen molar-refractivity contribution in [3.05, 3.63) is 23.6 Å². The number of anilines is 1. The maximum absolute atomic E-state index is 13.2. The number of rotatable bonds is 0. The Kier molecular flexibility index (Phi) is 4.16. The maximum atomic E-state index is 13.2. The van der Waals surface area contributed by atoms with E-state index in [4.69, 9.17) is 0 Å². The van der Waals surface area contributed by atoms with Crippen LogP contribution in [0.4, 0.5) is 10.2 Å². The van der Waals surface area contributed by atoms with Gasteiger partial charge >= 0.3 is 0 Å². The molecule has 0 radical (unpaired) electrons. The lowest BCUT2D eigenvalue weighted by Gasteiger charge is -2.38. The lowest BCUT2D eigenvalue weighted by atomic mass is 9.68. The lowest BCUT2D eigenvalue weighted by Crippen LogP contribution is -2.44. The Labute approximate surface area is 117 Å². The van der Waals surface area contributed by atoms with Crippen molar-refractivity contribution in [1.82, 2.24) is 4.98 Å². The standard InChI is InChI=1S/C13H13FN2O2.C2H6/c14-9-5-8-6-13(3-1-10(17)2-4-13)12(18)16-11(8)15-7-9;1-2/h5,7H,1-4,6H2,(H,15,16,18);1-2H3. The number of Topliss-reactive ketones (excluding diaryl/α,β-unsaturated/α-hetero) is 1. The van der Waals surface area contributed by atoms with Crippen molar-refractivity contribution in [3.63, 3.8) is 0 Å². The van der Waals surface area contributed by atoms with E-state index < -0.39 is 11.2 Å². The molecule has 2 heterocycles. The predicted molar refractivity (Wildman–Crippen MR) is 73.8 cm³/mol. The number of carbonyl (C=O) groups excluding carboxylic acids is 2. The minimum atomic E-state index is -0.545. The molecule has 3 rings (SSSR count). The van der Waals surface area contributed by atoms with E-state index in [0.717, 1.165) is 11.8 Å². The summed E-state index contributed by atoms with van der Waals surface area (Å²) in [6, 6.07) is 1.42. The summed E-state index contributed by atoms with van der Waals surface area (Å²) in [6.45, 7) is 4.00. The predicted octanol–water partition coefficient (Wildman–Crippen LogP) is 2.87. The van der Waals surface area contributed by atoms with Crippen LogP contribution < -0.4 is 5.32 Å². The molecule has 4 nitrogen and oxygen atoms in total. The van der Waals surface area contributed by atoms with Crippen LogP contribution in [0.5, 0.6) is 0 Å². The van der Waals surface area contributed by atoms with Crippen LogP contribution in [0.15, 0.2) is 12.3 Å². The average Bonchev–Trinajstić information content (AvgIpc) is 2.46. The van der Waals surface area contributed by atoms with Gasteiger partial charge in [-0.25, -0.2) is 9.37 Å². The van der Waals surface area contributed by atoms with E-state index in [0.29, 0.717) is 37.9 Å². The van der Waals surface area contributed by atoms with Crippen LogP contribution in [0, 0.1) is 11.2 Å². The van der Waals surface area contributed by atoms with E-state index in [9.17, 15) is 14.0 Å². The molecule has 2 aliphatic rings. The fourth-order valence-corrected chi connectivity index (χ4v) is 2.82. The molecular weight excluding hydrogens is 259 g/mol. The number of nitrogens with zero attached hydrogens (tertiary/aromatic N) is 1. The smallest absolute Gasteiger partial charge is 0.232 e. The number of pyridine rings is 1. The minimum Gasteiger partial charge on any atom is -0.310 e. The molecule has 1 aliphatic heterocycles. The van der Waals surface area contributed by atoms with Crippen molar-refractivity contribution in [2.75, 3.05) is 5.32 Å². The van der Waals surface area contributed by atoms with E-state index in [1.165, 1.54) is 6.07 Å². The van der Waals surface area contributed by atoms with Gasteiger partial charge in [-0.1, -0.05) is 13.8 Å². The molecule has 5 heteroatoms. The Balaban J connectivity index is 0.000000704. The molecule has 1 aliphatic carbocycles. The van der Waals surface area contributed by atoms with Crippen molar-refractivity contribution < 1.29 is 14.0 Å². The molecule has 1 fully saturated rings. The van der Waals surface area contributed by atoms with Crippen LogP contribution in [0.2, 0.25) is 0 Å². The molecule has 1 aromatic rings. The second-order valence-corrected chi connectivity index (χ2v) is 5.11. The number of carbonyl (C=O) groups is 2. The second-order valence-electron chi connectivity index (χ2n) is 5.11. The molecule has 1 saturated carbocycles. The molecule has 1 N–H and O–H groups in total. The van der Waals surface area contributed by atoms with Crippen molar-refractivity contribution >= 4 is 17.5 Å². The van der Waals surface area contributed by atoms with Gasteiger partial charge in [0.15, 0.2) is 0 Å². The number of nitrogens with one attached hydrogen (secondary N) is 1. The molecule has 0 aromatic carbocycles. The van der Waals surface area contributed by atoms with Gasteiger partial charge in [-0.05, 0) is 30.9 Å². The number of aromatic nitrogens is 1. The highest BCUT2D eigenvalue weighted by Crippen LogP contribution is 2.42. The number of amides is 1. The zero-order valence-corrected chi connectivity index (χ0v) is 11.8. The summed E-state index contributed by atoms with van der Waals surface area (Å²) in [5.41, 5.74) is 0.181. The zero-order chi connectivity index (χ0) is 14.8. The average molecular weight is 278 g/mol. The molecule has 1 amide bonds. The van der Waals surface area contributed by atoms with E-state index in [-0.39, 0.29) is 11.7 Å². The van der Waals surface area contributed by atoms with Crippen LogP contribution in [-0.4, -0.2) is 16.7 Å². The van der Waals surface area contributed by atoms with E-state index in [1.807, 2.05) is 13.8 Å². The third-order valence-electron chi connectivity index (χ3n) is 3.94. The summed E-state index contributed by atoms with van der Waals surface area (Å²) in [7, 11) is 0. The molecule has 0 atom stereocenters. The monoisotopic (exact) mass is 278 g/mol. The topological polar surface area (TPSA) is 59.1 Å². The van der Waals surface area contributed by atoms with E-state index in [2.05, 4.69) is 10.3 Å². The summed E-state index contributed by atoms with van der Waals surface area (Å²) in [5.74, 6) is 0.175. The zero-order valence-electron chi connectivity index (χ0n) is 11.8. The van der Waals surface area contributed by atoms with Crippen LogP contribution in [0.3, 0.4) is 0 Å². The van der Waals surface area contributed by atoms with Gasteiger partial charge in [0, 0.05) is 12.8 Å². The molecule has 0 saturated heterocycles. The lowest BCUT2D eigenvalue weighted by molar-refractivity contribution is -0.131. The van der Waals surface area contributed by atoms with Crippen LogP contribution in [0.1, 0.15) is 45.1 Å². The highest BCUT2D eigenvalue weighted by atomic mass is 19.1. The number of ketones is 1. The summed E-state index contributed by atoms with van der Waals surface area (Å²) in [6.07, 6.45) is 3.55. The number of hydrogen-bond donors (Lipinski definition) is 1. The van der Waals surface area contributed by atoms with Gasteiger partial charge in [-0.15, -0.1) is 0 Å². The quantitative estimate of drug-likeness (QED) is 0.793. The third-order valence-corrected chi connectivity index (χ3v) is 3.94. The summed E-state index contributed by atoms with van der Waals surface area (Å²) in [4.78, 5) is 27.3. The van der Waals surface area contributed by atoms with Crippen molar-refractivity contribution in [2.24, 2.45) is 5.41 Å². The van der Waals surface area contributed by atoms with Gasteiger partial charge in [0.25, 0.3) is 0 Å². The van der Waals surface area contributed by atoms with Gasteiger partial charge in [0.05, 0.1) is 11.6 Å². The molecule has 1 aromatic heterocycles.